The van der Waals surface area contributed by atoms with Gasteiger partial charge in [0.05, 0.1) is 61.7 Å². The number of halogens is 6. The molecule has 3 heterocycles. The van der Waals surface area contributed by atoms with E-state index in [0.29, 0.717) is 36.9 Å². The van der Waals surface area contributed by atoms with Crippen molar-refractivity contribution in [2.24, 2.45) is 5.16 Å². The number of carboxylic acids is 1. The summed E-state index contributed by atoms with van der Waals surface area (Å²) in [6.07, 6.45) is -9.50. The Morgan fingerprint density at radius 1 is 0.506 bits per heavy atom. The molecule has 11 N–H and O–H groups in total. The number of rotatable bonds is 21. The van der Waals surface area contributed by atoms with E-state index in [1.165, 1.54) is 43.5 Å². The van der Waals surface area contributed by atoms with Crippen LogP contribution in [-0.2, 0) is 57.3 Å². The topological polar surface area (TPSA) is 427 Å². The number of ketones is 2. The fourth-order valence-corrected chi connectivity index (χ4v) is 7.16. The highest BCUT2D eigenvalue weighted by Crippen LogP contribution is 2.28. The zero-order valence-corrected chi connectivity index (χ0v) is 45.9. The third-order valence-corrected chi connectivity index (χ3v) is 12.7. The van der Waals surface area contributed by atoms with Crippen LogP contribution < -0.4 is 0 Å². The number of carboxylic acid groups (broad SMARTS) is 1. The molecule has 0 aliphatic carbocycles. The van der Waals surface area contributed by atoms with Crippen molar-refractivity contribution in [1.82, 2.24) is 0 Å². The fraction of sp³-hybridized carbons (Fsp3) is 0.327. The predicted molar refractivity (Wildman–Crippen MR) is 280 cm³/mol. The maximum atomic E-state index is 12.0. The zero-order valence-electron chi connectivity index (χ0n) is 41.4. The second kappa shape index (κ2) is 32.4. The van der Waals surface area contributed by atoms with Gasteiger partial charge in [0.1, 0.15) is 38.6 Å². The van der Waals surface area contributed by atoms with Crippen molar-refractivity contribution < 1.29 is 123 Å². The van der Waals surface area contributed by atoms with Gasteiger partial charge in [0.2, 0.25) is 17.3 Å². The first kappa shape index (κ1) is 68.2. The number of benzene rings is 3. The van der Waals surface area contributed by atoms with Crippen LogP contribution in [0.5, 0.6) is 0 Å². The van der Waals surface area contributed by atoms with E-state index in [-0.39, 0.29) is 65.7 Å². The number of ether oxygens (including phenoxy) is 5. The number of cyclic esters (lactones) is 3. The second-order valence-corrected chi connectivity index (χ2v) is 18.7. The van der Waals surface area contributed by atoms with Gasteiger partial charge in [0.25, 0.3) is 0 Å². The number of carbonyl (C=O) groups is 8. The Balaban J connectivity index is 0.000000299. The second-order valence-electron chi connectivity index (χ2n) is 16.3. The Kier molecular flexibility index (Phi) is 27.2. The Hall–Kier alpha value is -7.11. The van der Waals surface area contributed by atoms with Gasteiger partial charge in [-0.15, -0.1) is 0 Å². The molecular weight excluding hydrogens is 1220 g/mol. The number of oxime groups is 1. The molecule has 0 saturated heterocycles. The van der Waals surface area contributed by atoms with Crippen molar-refractivity contribution in [1.29, 1.82) is 0 Å². The van der Waals surface area contributed by atoms with Gasteiger partial charge in [-0.3, -0.25) is 24.0 Å². The maximum Gasteiger partial charge on any atom is 0.377 e. The monoisotopic (exact) mass is 1260 g/mol. The number of nitrogens with zero attached hydrogens (tertiary/aromatic N) is 1. The molecule has 0 fully saturated rings. The Morgan fingerprint density at radius 2 is 0.840 bits per heavy atom. The first-order valence-corrected chi connectivity index (χ1v) is 25.0. The highest BCUT2D eigenvalue weighted by molar-refractivity contribution is 6.43. The fourth-order valence-electron chi connectivity index (χ4n) is 6.27. The van der Waals surface area contributed by atoms with Crippen LogP contribution in [0, 0.1) is 0 Å². The summed E-state index contributed by atoms with van der Waals surface area (Å²) in [5.74, 6) is -11.9. The van der Waals surface area contributed by atoms with Crippen LogP contribution in [0.2, 0.25) is 30.1 Å². The van der Waals surface area contributed by atoms with Gasteiger partial charge >= 0.3 is 35.8 Å². The first-order chi connectivity index (χ1) is 38.0. The quantitative estimate of drug-likeness (QED) is 0.0191. The van der Waals surface area contributed by atoms with E-state index < -0.39 is 127 Å². The number of aliphatic hydroxyl groups excluding tert-OH is 10. The molecule has 32 heteroatoms. The van der Waals surface area contributed by atoms with Crippen LogP contribution in [0.1, 0.15) is 64.8 Å². The summed E-state index contributed by atoms with van der Waals surface area (Å²) in [5, 5.41) is 106. The predicted octanol–water partition coefficient (Wildman–Crippen LogP) is 6.03. The Morgan fingerprint density at radius 3 is 1.16 bits per heavy atom. The van der Waals surface area contributed by atoms with E-state index in [1.807, 2.05) is 0 Å². The van der Waals surface area contributed by atoms with Crippen molar-refractivity contribution in [2.75, 3.05) is 26.9 Å². The van der Waals surface area contributed by atoms with Gasteiger partial charge < -0.3 is 84.7 Å². The SMILES string of the molecule is CON=C(CCC(=O)OC[C@H](O)[C@H]1OC(=O)C(O)=C1O)c1ccc(Cl)c(Cl)c1.O=C(CCC(=O)c1ccc(Cl)c(Cl)c1)OC[C@H](O)[C@H]1OC(=O)C(O)=C1O.O=C(O)CCC(=O)c1ccc(Cl)c(Cl)c1.O=C1O[C@H]([C@@H](O)CO)C(O)=C1O. The smallest absolute Gasteiger partial charge is 0.377 e. The van der Waals surface area contributed by atoms with E-state index >= 15 is 0 Å². The van der Waals surface area contributed by atoms with Crippen LogP contribution in [0.25, 0.3) is 0 Å². The Bertz CT molecular complexity index is 2980. The number of aliphatic hydroxyl groups is 10. The minimum absolute atomic E-state index is 0.0344. The third-order valence-electron chi connectivity index (χ3n) is 10.5. The average Bonchev–Trinajstić information content (AvgIpc) is 3.97. The molecule has 440 valence electrons. The third kappa shape index (κ3) is 20.4. The number of esters is 5. The molecule has 3 aliphatic rings. The molecule has 0 saturated carbocycles. The molecule has 6 atom stereocenters. The van der Waals surface area contributed by atoms with Crippen LogP contribution >= 0.6 is 69.6 Å². The molecular formula is C49H47Cl6NO25. The minimum atomic E-state index is -1.57. The van der Waals surface area contributed by atoms with Crippen molar-refractivity contribution >= 4 is 123 Å². The normalized spacial score (nSPS) is 17.6. The summed E-state index contributed by atoms with van der Waals surface area (Å²) < 4.78 is 23.1. The highest BCUT2D eigenvalue weighted by Gasteiger charge is 2.41. The van der Waals surface area contributed by atoms with Gasteiger partial charge in [-0.2, -0.15) is 0 Å². The lowest BCUT2D eigenvalue weighted by molar-refractivity contribution is -0.155. The van der Waals surface area contributed by atoms with Crippen LogP contribution in [-0.4, -0.2) is 173 Å². The highest BCUT2D eigenvalue weighted by atomic mass is 35.5. The van der Waals surface area contributed by atoms with Crippen LogP contribution in [0.3, 0.4) is 0 Å². The molecule has 0 aromatic heterocycles. The molecule has 0 radical (unpaired) electrons. The molecule has 3 aliphatic heterocycles. The van der Waals surface area contributed by atoms with Crippen molar-refractivity contribution in [2.45, 2.75) is 75.1 Å². The summed E-state index contributed by atoms with van der Waals surface area (Å²) in [7, 11) is 1.35. The molecule has 0 spiro atoms. The number of Topliss-reactive ketones (excluding diaryl/α,β-unsaturated/α-hetero) is 2. The minimum Gasteiger partial charge on any atom is -0.505 e. The summed E-state index contributed by atoms with van der Waals surface area (Å²) in [6, 6.07) is 13.6. The number of hydrogen-bond donors (Lipinski definition) is 11. The summed E-state index contributed by atoms with van der Waals surface area (Å²) >= 11 is 34.8. The van der Waals surface area contributed by atoms with Gasteiger partial charge in [-0.25, -0.2) is 14.4 Å². The van der Waals surface area contributed by atoms with E-state index in [4.69, 9.17) is 115 Å². The van der Waals surface area contributed by atoms with E-state index in [2.05, 4.69) is 19.4 Å². The molecule has 0 bridgehead atoms. The number of carbonyl (C=O) groups excluding carboxylic acids is 7. The van der Waals surface area contributed by atoms with Gasteiger partial charge in [0.15, 0.2) is 47.2 Å². The van der Waals surface area contributed by atoms with Gasteiger partial charge in [-0.1, -0.05) is 80.8 Å². The maximum absolute atomic E-state index is 12.0. The van der Waals surface area contributed by atoms with Crippen LogP contribution in [0.4, 0.5) is 0 Å². The standard InChI is InChI=1S/C17H17Cl2NO8.C16H14Cl2O8.C10H8Cl2O3.C6H8O6/c1-26-20-11(8-2-3-9(18)10(19)6-8)4-5-13(22)27-7-12(21)16-14(23)15(24)17(25)28-16;17-8-2-1-7(5-9(8)18)10(19)3-4-12(21)25-6-11(20)15-13(22)14(23)16(24)26-15;11-7-2-1-6(5-8(7)12)9(13)3-4-10(14)15;7-1-2(8)5-3(9)4(10)6(11)12-5/h2-3,6,12,16,21,23-24H,4-5,7H2,1H3;1-2,5,11,15,20,22-23H,3-4,6H2;1-2,5H,3-4H2,(H,14,15);2,5,7-10H,1H2/t12-,16+;11-,15+;;2-,5+/m00.0/s1. The zero-order chi connectivity index (χ0) is 61.0. The molecule has 0 amide bonds. The lowest BCUT2D eigenvalue weighted by atomic mass is 10.1. The van der Waals surface area contributed by atoms with Crippen molar-refractivity contribution in [3.05, 3.63) is 136 Å². The van der Waals surface area contributed by atoms with Crippen LogP contribution in [0.15, 0.2) is 94.3 Å². The molecule has 3 aromatic rings. The number of hydrogen-bond acceptors (Lipinski definition) is 25. The number of aliphatic carboxylic acids is 1. The lowest BCUT2D eigenvalue weighted by Crippen LogP contribution is -2.33. The summed E-state index contributed by atoms with van der Waals surface area (Å²) in [6.45, 7) is -1.83. The van der Waals surface area contributed by atoms with E-state index in [0.717, 1.165) is 0 Å². The summed E-state index contributed by atoms with van der Waals surface area (Å²) in [5.41, 5.74) is 1.70. The molecule has 81 heavy (non-hydrogen) atoms. The van der Waals surface area contributed by atoms with E-state index in [1.54, 1.807) is 18.2 Å². The first-order valence-electron chi connectivity index (χ1n) is 22.7. The van der Waals surface area contributed by atoms with Crippen molar-refractivity contribution in [3.8, 4) is 0 Å². The molecule has 6 rings (SSSR count). The van der Waals surface area contributed by atoms with Gasteiger partial charge in [0, 0.05) is 36.0 Å². The molecule has 0 unspecified atom stereocenters. The molecule has 26 nitrogen and oxygen atoms in total. The summed E-state index contributed by atoms with van der Waals surface area (Å²) in [4.78, 5) is 94.7. The Labute approximate surface area is 486 Å². The largest absolute Gasteiger partial charge is 0.505 e. The molecule has 3 aromatic carbocycles. The average molecular weight is 1260 g/mol. The van der Waals surface area contributed by atoms with Crippen molar-refractivity contribution in [3.63, 3.8) is 0 Å². The van der Waals surface area contributed by atoms with E-state index in [9.17, 15) is 63.9 Å². The van der Waals surface area contributed by atoms with Gasteiger partial charge in [-0.05, 0) is 48.5 Å². The lowest BCUT2D eigenvalue weighted by Gasteiger charge is -2.17.